The van der Waals surface area contributed by atoms with E-state index in [4.69, 9.17) is 0 Å². The molecule has 64 heavy (non-hydrogen) atoms. The molecule has 0 saturated carbocycles. The molecule has 0 atom stereocenters. The number of phenolic OH excluding ortho intramolecular Hbond substituents is 1. The van der Waals surface area contributed by atoms with Gasteiger partial charge >= 0.3 is 118 Å². The minimum Gasteiger partial charge on any atom is -0.744 e. The zero-order valence-electron chi connectivity index (χ0n) is 32.6. The molecule has 0 spiro atoms. The van der Waals surface area contributed by atoms with Gasteiger partial charge in [0.1, 0.15) is 15.8 Å². The Labute approximate surface area is 443 Å². The number of azo groups is 1. The van der Waals surface area contributed by atoms with E-state index in [0.717, 1.165) is 18.2 Å². The van der Waals surface area contributed by atoms with E-state index in [-0.39, 0.29) is 144 Å². The third kappa shape index (κ3) is 17.8. The van der Waals surface area contributed by atoms with E-state index in [2.05, 4.69) is 59.9 Å². The van der Waals surface area contributed by atoms with Crippen LogP contribution in [0.4, 0.5) is 39.0 Å². The number of benzene rings is 4. The summed E-state index contributed by atoms with van der Waals surface area (Å²) in [5, 5.41) is 50.9. The van der Waals surface area contributed by atoms with Crippen LogP contribution < -0.4 is 105 Å². The topological polar surface area (TPSA) is 371 Å². The van der Waals surface area contributed by atoms with Crippen molar-refractivity contribution in [1.29, 1.82) is 0 Å². The molecule has 0 radical (unpaired) electrons. The van der Waals surface area contributed by atoms with Crippen molar-refractivity contribution in [3.8, 4) is 5.75 Å². The summed E-state index contributed by atoms with van der Waals surface area (Å²) in [4.78, 5) is 21.5. The minimum absolute atomic E-state index is 0. The summed E-state index contributed by atoms with van der Waals surface area (Å²) in [5.41, 5.74) is 2.21. The Balaban J connectivity index is 0.00000512. The molecule has 0 aliphatic heterocycles. The average molecular weight is 1040 g/mol. The largest absolute Gasteiger partial charge is 1.00 e. The number of carboxylic acids is 1. The second kappa shape index (κ2) is 26.5. The molecule has 5 aromatic rings. The molecular formula is C31H22CuFN9Na3O15S4. The van der Waals surface area contributed by atoms with E-state index in [9.17, 15) is 59.0 Å². The first-order chi connectivity index (χ1) is 28.3. The van der Waals surface area contributed by atoms with Gasteiger partial charge in [0.15, 0.2) is 21.4 Å². The number of aromatic carboxylic acids is 1. The number of aromatic hydroxyl groups is 1. The standard InChI is InChI=1S/C31H26FN9O15S4.Cu.3Na/c32-29-35-30(33-18-7-4-8-20(13-18)58(46,47)12-11-54-60(51,52)53)37-31(36-29)34-24-15-21(59(48,49)50)16-25(26(24)42)39-41-27(17-5-2-1-3-6-17)40-38-23-14-19(57-56-55-45)9-10-22(23)28(43)44;;;;/h1-10,13-16H,11-12H2,(H8,33,34,35,36,37,38,39,40,41,42,43,44,45,48,49,50,51,52,53);;;;/q;4*+1/p-4. The first-order valence-electron chi connectivity index (χ1n) is 15.8. The van der Waals surface area contributed by atoms with Gasteiger partial charge in [-0.15, -0.1) is 15.9 Å². The van der Waals surface area contributed by atoms with Crippen LogP contribution in [0.25, 0.3) is 5.43 Å². The molecule has 0 aliphatic carbocycles. The molecular weight excluding hydrogens is 1020 g/mol. The van der Waals surface area contributed by atoms with Gasteiger partial charge in [0, 0.05) is 21.7 Å². The van der Waals surface area contributed by atoms with Gasteiger partial charge in [0.25, 0.3) is 0 Å². The Morgan fingerprint density at radius 2 is 1.53 bits per heavy atom. The maximum Gasteiger partial charge on any atom is 1.00 e. The third-order valence-electron chi connectivity index (χ3n) is 7.13. The van der Waals surface area contributed by atoms with Crippen molar-refractivity contribution in [3.05, 3.63) is 108 Å². The van der Waals surface area contributed by atoms with Crippen molar-refractivity contribution < 1.29 is 178 Å². The van der Waals surface area contributed by atoms with Gasteiger partial charge in [-0.05, 0) is 42.5 Å². The predicted octanol–water partition coefficient (Wildman–Crippen LogP) is -5.55. The number of phenols is 1. The fraction of sp³-hybridized carbons (Fsp3) is 0.0645. The van der Waals surface area contributed by atoms with Crippen molar-refractivity contribution in [1.82, 2.24) is 15.0 Å². The van der Waals surface area contributed by atoms with Gasteiger partial charge in [0.2, 0.25) is 22.3 Å². The van der Waals surface area contributed by atoms with Crippen molar-refractivity contribution in [2.45, 2.75) is 14.7 Å². The van der Waals surface area contributed by atoms with E-state index in [1.807, 2.05) is 0 Å². The summed E-state index contributed by atoms with van der Waals surface area (Å²) in [6.07, 6.45) is -1.45. The summed E-state index contributed by atoms with van der Waals surface area (Å²) >= 11 is 0.437. The number of rotatable bonds is 18. The quantitative estimate of drug-likeness (QED) is 0.00607. The monoisotopic (exact) mass is 1040 g/mol. The van der Waals surface area contributed by atoms with Crippen molar-refractivity contribution >= 4 is 88.8 Å². The fourth-order valence-electron chi connectivity index (χ4n) is 4.56. The Bertz CT molecular complexity index is 2830. The molecule has 0 unspecified atom stereocenters. The zero-order chi connectivity index (χ0) is 43.7. The number of nitrogens with zero attached hydrogens (tertiary/aromatic N) is 7. The summed E-state index contributed by atoms with van der Waals surface area (Å²) < 4.78 is 117. The summed E-state index contributed by atoms with van der Waals surface area (Å²) in [6, 6.07) is 17.3. The molecule has 0 aliphatic rings. The van der Waals surface area contributed by atoms with Crippen LogP contribution in [-0.4, -0.2) is 83.7 Å². The van der Waals surface area contributed by atoms with Crippen LogP contribution in [-0.2, 0) is 61.0 Å². The van der Waals surface area contributed by atoms with E-state index < -0.39 is 88.7 Å². The number of hydrogen-bond donors (Lipinski definition) is 4. The molecule has 4 aromatic carbocycles. The molecule has 0 saturated heterocycles. The van der Waals surface area contributed by atoms with Crippen LogP contribution in [0.2, 0.25) is 0 Å². The Hall–Kier alpha value is -2.76. The van der Waals surface area contributed by atoms with Crippen molar-refractivity contribution in [2.24, 2.45) is 15.3 Å². The number of halogens is 1. The fourth-order valence-corrected chi connectivity index (χ4v) is 6.99. The SMILES string of the molecule is O=C(O)c1ccc(SOO[O-])cc1[N-]/N=C(\N=Nc1cc(S(=O)(=O)[O-])cc(Nc2nc(F)nc(Nc3cccc(S(=O)(=O)CCOS(=O)(=O)[O-])c3)n2)c1O)c1ccccc1.[Cu+].[Na+].[Na+].[Na+]. The second-order valence-corrected chi connectivity index (χ2v) is 16.5. The van der Waals surface area contributed by atoms with Gasteiger partial charge in [-0.3, -0.25) is 9.22 Å². The number of aromatic nitrogens is 3. The number of hydrogen-bond acceptors (Lipinski definition) is 22. The number of nitrogens with one attached hydrogen (secondary N) is 2. The zero-order valence-corrected chi connectivity index (χ0v) is 42.8. The van der Waals surface area contributed by atoms with E-state index in [0.29, 0.717) is 24.2 Å². The van der Waals surface area contributed by atoms with Crippen LogP contribution in [0.3, 0.4) is 0 Å². The minimum atomic E-state index is -5.29. The van der Waals surface area contributed by atoms with Crippen LogP contribution in [0.15, 0.2) is 115 Å². The van der Waals surface area contributed by atoms with E-state index in [1.165, 1.54) is 36.4 Å². The van der Waals surface area contributed by atoms with E-state index >= 15 is 0 Å². The summed E-state index contributed by atoms with van der Waals surface area (Å²) in [6.45, 7) is -0.968. The normalized spacial score (nSPS) is 11.6. The molecule has 0 fully saturated rings. The molecule has 33 heteroatoms. The predicted molar refractivity (Wildman–Crippen MR) is 199 cm³/mol. The Morgan fingerprint density at radius 3 is 2.16 bits per heavy atom. The van der Waals surface area contributed by atoms with Crippen LogP contribution in [0.1, 0.15) is 15.9 Å². The first-order valence-corrected chi connectivity index (χ1v) is 20.9. The van der Waals surface area contributed by atoms with Gasteiger partial charge < -0.3 is 45.7 Å². The Kier molecular flexibility index (Phi) is 24.6. The molecule has 4 N–H and O–H groups in total. The smallest absolute Gasteiger partial charge is 0.744 e. The summed E-state index contributed by atoms with van der Waals surface area (Å²) in [7, 11) is -14.7. The number of carboxylic acid groups (broad SMARTS) is 1. The second-order valence-electron chi connectivity index (χ2n) is 11.2. The van der Waals surface area contributed by atoms with Gasteiger partial charge in [-0.1, -0.05) is 42.5 Å². The van der Waals surface area contributed by atoms with Gasteiger partial charge in [0.05, 0.1) is 39.9 Å². The van der Waals surface area contributed by atoms with Gasteiger partial charge in [-0.2, -0.15) is 23.7 Å². The molecule has 1 aromatic heterocycles. The Morgan fingerprint density at radius 1 is 0.859 bits per heavy atom. The molecule has 24 nitrogen and oxygen atoms in total. The number of carbonyl (C=O) groups is 1. The number of sulfone groups is 1. The van der Waals surface area contributed by atoms with Crippen molar-refractivity contribution in [3.63, 3.8) is 0 Å². The van der Waals surface area contributed by atoms with Crippen molar-refractivity contribution in [2.75, 3.05) is 23.0 Å². The maximum atomic E-state index is 14.6. The number of amidine groups is 1. The van der Waals surface area contributed by atoms with Gasteiger partial charge in [-0.25, -0.2) is 30.0 Å². The van der Waals surface area contributed by atoms with Crippen LogP contribution in [0, 0.1) is 6.08 Å². The van der Waals surface area contributed by atoms with E-state index in [1.54, 1.807) is 18.2 Å². The molecule has 5 rings (SSSR count). The number of anilines is 4. The average Bonchev–Trinajstić information content (AvgIpc) is 3.17. The maximum absolute atomic E-state index is 14.6. The third-order valence-corrected chi connectivity index (χ3v) is 10.6. The molecule has 326 valence electrons. The van der Waals surface area contributed by atoms with Crippen LogP contribution in [0.5, 0.6) is 5.75 Å². The first kappa shape index (κ1) is 59.3. The molecule has 0 amide bonds. The van der Waals surface area contributed by atoms with Crippen LogP contribution >= 0.6 is 12.0 Å². The molecule has 1 heterocycles. The summed E-state index contributed by atoms with van der Waals surface area (Å²) in [5.74, 6) is -4.81. The molecule has 0 bridgehead atoms.